The van der Waals surface area contributed by atoms with Gasteiger partial charge in [0.2, 0.25) is 0 Å². The molecule has 0 fully saturated rings. The normalized spacial score (nSPS) is 10.9. The van der Waals surface area contributed by atoms with E-state index >= 15 is 0 Å². The number of nitrogens with zero attached hydrogens (tertiary/aromatic N) is 1. The summed E-state index contributed by atoms with van der Waals surface area (Å²) in [5, 5.41) is 11.3. The molecule has 1 amide bonds. The number of hydrogen-bond acceptors (Lipinski definition) is 4. The lowest BCUT2D eigenvalue weighted by atomic mass is 10.1. The monoisotopic (exact) mass is 309 g/mol. The molecule has 0 aliphatic heterocycles. The Morgan fingerprint density at radius 2 is 1.95 bits per heavy atom. The van der Waals surface area contributed by atoms with E-state index in [4.69, 9.17) is 0 Å². The van der Waals surface area contributed by atoms with Crippen molar-refractivity contribution in [2.75, 3.05) is 11.9 Å². The van der Waals surface area contributed by atoms with Gasteiger partial charge in [0, 0.05) is 16.0 Å². The van der Waals surface area contributed by atoms with E-state index in [2.05, 4.69) is 15.8 Å². The Morgan fingerprint density at radius 1 is 1.09 bits per heavy atom. The fourth-order valence-corrected chi connectivity index (χ4v) is 2.71. The second-order valence-corrected chi connectivity index (χ2v) is 5.67. The maximum Gasteiger partial charge on any atom is 0.259 e. The zero-order valence-electron chi connectivity index (χ0n) is 11.8. The van der Waals surface area contributed by atoms with Crippen molar-refractivity contribution < 1.29 is 4.79 Å². The van der Waals surface area contributed by atoms with Crippen LogP contribution in [-0.4, -0.2) is 18.7 Å². The first-order valence-electron chi connectivity index (χ1n) is 6.90. The number of benzene rings is 2. The van der Waals surface area contributed by atoms with Crippen LogP contribution in [0.15, 0.2) is 65.1 Å². The highest BCUT2D eigenvalue weighted by Crippen LogP contribution is 2.22. The SMILES string of the molecule is O=C(CNc1cccc2ccccc12)N/N=C\c1cccs1. The van der Waals surface area contributed by atoms with Crippen LogP contribution in [0.2, 0.25) is 0 Å². The highest BCUT2D eigenvalue weighted by Gasteiger charge is 2.02. The molecule has 0 saturated carbocycles. The summed E-state index contributed by atoms with van der Waals surface area (Å²) in [6.45, 7) is 0.176. The van der Waals surface area contributed by atoms with E-state index in [9.17, 15) is 4.79 Å². The van der Waals surface area contributed by atoms with E-state index in [1.54, 1.807) is 17.6 Å². The largest absolute Gasteiger partial charge is 0.376 e. The first-order chi connectivity index (χ1) is 10.8. The van der Waals surface area contributed by atoms with Gasteiger partial charge < -0.3 is 5.32 Å². The second-order valence-electron chi connectivity index (χ2n) is 4.69. The van der Waals surface area contributed by atoms with E-state index in [0.29, 0.717) is 0 Å². The molecule has 0 unspecified atom stereocenters. The number of hydrogen-bond donors (Lipinski definition) is 2. The van der Waals surface area contributed by atoms with Crippen molar-refractivity contribution in [3.63, 3.8) is 0 Å². The molecular formula is C17H15N3OS. The van der Waals surface area contributed by atoms with Gasteiger partial charge in [0.15, 0.2) is 0 Å². The third-order valence-electron chi connectivity index (χ3n) is 3.15. The van der Waals surface area contributed by atoms with Gasteiger partial charge in [0.25, 0.3) is 5.91 Å². The minimum Gasteiger partial charge on any atom is -0.376 e. The summed E-state index contributed by atoms with van der Waals surface area (Å²) in [7, 11) is 0. The molecule has 22 heavy (non-hydrogen) atoms. The molecule has 4 nitrogen and oxygen atoms in total. The summed E-state index contributed by atoms with van der Waals surface area (Å²) in [5.41, 5.74) is 3.45. The molecule has 0 radical (unpaired) electrons. The molecule has 2 aromatic carbocycles. The van der Waals surface area contributed by atoms with E-state index in [1.807, 2.05) is 60.0 Å². The van der Waals surface area contributed by atoms with Crippen LogP contribution >= 0.6 is 11.3 Å². The van der Waals surface area contributed by atoms with Crippen molar-refractivity contribution in [3.05, 3.63) is 64.9 Å². The minimum atomic E-state index is -0.180. The van der Waals surface area contributed by atoms with Crippen LogP contribution in [0.4, 0.5) is 5.69 Å². The van der Waals surface area contributed by atoms with Crippen molar-refractivity contribution >= 4 is 39.9 Å². The summed E-state index contributed by atoms with van der Waals surface area (Å²) in [5.74, 6) is -0.180. The van der Waals surface area contributed by atoms with Crippen molar-refractivity contribution in [2.24, 2.45) is 5.10 Å². The van der Waals surface area contributed by atoms with Crippen LogP contribution in [0.1, 0.15) is 4.88 Å². The van der Waals surface area contributed by atoms with E-state index in [1.165, 1.54) is 0 Å². The predicted octanol–water partition coefficient (Wildman–Crippen LogP) is 3.46. The number of anilines is 1. The predicted molar refractivity (Wildman–Crippen MR) is 92.5 cm³/mol. The van der Waals surface area contributed by atoms with Gasteiger partial charge in [0.05, 0.1) is 12.8 Å². The number of hydrazone groups is 1. The Balaban J connectivity index is 1.58. The van der Waals surface area contributed by atoms with Gasteiger partial charge >= 0.3 is 0 Å². The molecule has 1 aromatic heterocycles. The van der Waals surface area contributed by atoms with Crippen LogP contribution in [-0.2, 0) is 4.79 Å². The van der Waals surface area contributed by atoms with Crippen LogP contribution < -0.4 is 10.7 Å². The molecule has 0 bridgehead atoms. The van der Waals surface area contributed by atoms with Gasteiger partial charge in [-0.25, -0.2) is 5.43 Å². The van der Waals surface area contributed by atoms with Gasteiger partial charge in [-0.1, -0.05) is 42.5 Å². The molecule has 1 heterocycles. The van der Waals surface area contributed by atoms with E-state index < -0.39 is 0 Å². The molecule has 0 spiro atoms. The fraction of sp³-hybridized carbons (Fsp3) is 0.0588. The number of carbonyl (C=O) groups excluding carboxylic acids is 1. The topological polar surface area (TPSA) is 53.5 Å². The minimum absolute atomic E-state index is 0.176. The molecule has 0 atom stereocenters. The fourth-order valence-electron chi connectivity index (χ4n) is 2.13. The standard InChI is InChI=1S/C17H15N3OS/c21-17(20-19-11-14-7-4-10-22-14)12-18-16-9-3-6-13-5-1-2-8-15(13)16/h1-11,18H,12H2,(H,20,21)/b19-11-. The summed E-state index contributed by atoms with van der Waals surface area (Å²) in [6, 6.07) is 17.9. The van der Waals surface area contributed by atoms with Crippen molar-refractivity contribution in [2.45, 2.75) is 0 Å². The van der Waals surface area contributed by atoms with Gasteiger partial charge in [0.1, 0.15) is 0 Å². The average molecular weight is 309 g/mol. The highest BCUT2D eigenvalue weighted by molar-refractivity contribution is 7.11. The number of thiophene rings is 1. The summed E-state index contributed by atoms with van der Waals surface area (Å²) in [6.07, 6.45) is 1.64. The van der Waals surface area contributed by atoms with Crippen LogP contribution in [0.25, 0.3) is 10.8 Å². The third kappa shape index (κ3) is 3.51. The Morgan fingerprint density at radius 3 is 2.82 bits per heavy atom. The maximum atomic E-state index is 11.8. The first-order valence-corrected chi connectivity index (χ1v) is 7.78. The number of amides is 1. The Labute approximate surface area is 132 Å². The average Bonchev–Trinajstić information content (AvgIpc) is 3.06. The number of fused-ring (bicyclic) bond motifs is 1. The molecule has 0 aliphatic carbocycles. The Bertz CT molecular complexity index is 791. The molecule has 2 N–H and O–H groups in total. The van der Waals surface area contributed by atoms with Crippen molar-refractivity contribution in [3.8, 4) is 0 Å². The molecule has 110 valence electrons. The van der Waals surface area contributed by atoms with Crippen LogP contribution in [0.5, 0.6) is 0 Å². The van der Waals surface area contributed by atoms with Crippen molar-refractivity contribution in [1.29, 1.82) is 0 Å². The lowest BCUT2D eigenvalue weighted by Gasteiger charge is -2.08. The zero-order chi connectivity index (χ0) is 15.2. The second kappa shape index (κ2) is 6.87. The zero-order valence-corrected chi connectivity index (χ0v) is 12.6. The quantitative estimate of drug-likeness (QED) is 0.560. The molecule has 0 aliphatic rings. The summed E-state index contributed by atoms with van der Waals surface area (Å²) >= 11 is 1.57. The Kier molecular flexibility index (Phi) is 4.46. The number of rotatable bonds is 5. The lowest BCUT2D eigenvalue weighted by molar-refractivity contribution is -0.119. The highest BCUT2D eigenvalue weighted by atomic mass is 32.1. The van der Waals surface area contributed by atoms with Crippen molar-refractivity contribution in [1.82, 2.24) is 5.43 Å². The van der Waals surface area contributed by atoms with Gasteiger partial charge in [-0.3, -0.25) is 4.79 Å². The van der Waals surface area contributed by atoms with Crippen LogP contribution in [0, 0.1) is 0 Å². The van der Waals surface area contributed by atoms with E-state index in [-0.39, 0.29) is 12.5 Å². The van der Waals surface area contributed by atoms with Gasteiger partial charge in [-0.05, 0) is 22.9 Å². The molecule has 5 heteroatoms. The summed E-state index contributed by atoms with van der Waals surface area (Å²) < 4.78 is 0. The third-order valence-corrected chi connectivity index (χ3v) is 3.96. The number of carbonyl (C=O) groups is 1. The molecule has 3 rings (SSSR count). The number of nitrogens with one attached hydrogen (secondary N) is 2. The summed E-state index contributed by atoms with van der Waals surface area (Å²) in [4.78, 5) is 12.8. The first kappa shape index (κ1) is 14.3. The van der Waals surface area contributed by atoms with Crippen LogP contribution in [0.3, 0.4) is 0 Å². The lowest BCUT2D eigenvalue weighted by Crippen LogP contribution is -2.25. The van der Waals surface area contributed by atoms with Gasteiger partial charge in [-0.2, -0.15) is 5.10 Å². The molecule has 3 aromatic rings. The smallest absolute Gasteiger partial charge is 0.259 e. The molecule has 0 saturated heterocycles. The Hall–Kier alpha value is -2.66. The maximum absolute atomic E-state index is 11.8. The van der Waals surface area contributed by atoms with Gasteiger partial charge in [-0.15, -0.1) is 11.3 Å². The van der Waals surface area contributed by atoms with E-state index in [0.717, 1.165) is 21.3 Å². The molecular weight excluding hydrogens is 294 g/mol.